The summed E-state index contributed by atoms with van der Waals surface area (Å²) in [7, 11) is 0. The number of aromatic nitrogens is 1. The van der Waals surface area contributed by atoms with Crippen LogP contribution in [0.25, 0.3) is 16.7 Å². The van der Waals surface area contributed by atoms with Gasteiger partial charge in [0, 0.05) is 34.7 Å². The SMILES string of the molecule is O=C(O)C(=O)C=C(O)c1cccc2[nH]c(Cc3ccc(F)cc3)cc12. The molecule has 0 radical (unpaired) electrons. The van der Waals surface area contributed by atoms with Crippen LogP contribution in [-0.2, 0) is 16.0 Å². The third-order valence-corrected chi connectivity index (χ3v) is 3.78. The number of carboxylic acid groups (broad SMARTS) is 1. The molecule has 3 aromatic rings. The zero-order valence-corrected chi connectivity index (χ0v) is 13.0. The van der Waals surface area contributed by atoms with Crippen LogP contribution >= 0.6 is 0 Å². The topological polar surface area (TPSA) is 90.4 Å². The molecule has 0 saturated heterocycles. The minimum Gasteiger partial charge on any atom is -0.507 e. The van der Waals surface area contributed by atoms with Crippen LogP contribution in [0.5, 0.6) is 0 Å². The molecule has 1 aromatic heterocycles. The lowest BCUT2D eigenvalue weighted by Crippen LogP contribution is -2.09. The van der Waals surface area contributed by atoms with Crippen LogP contribution < -0.4 is 0 Å². The van der Waals surface area contributed by atoms with Crippen molar-refractivity contribution < 1.29 is 24.2 Å². The van der Waals surface area contributed by atoms with Gasteiger partial charge in [0.25, 0.3) is 5.78 Å². The maximum atomic E-state index is 13.0. The van der Waals surface area contributed by atoms with Crippen LogP contribution in [0.2, 0.25) is 0 Å². The van der Waals surface area contributed by atoms with Crippen LogP contribution in [0.15, 0.2) is 54.6 Å². The lowest BCUT2D eigenvalue weighted by atomic mass is 10.1. The molecule has 1 heterocycles. The van der Waals surface area contributed by atoms with Crippen molar-refractivity contribution >= 4 is 28.4 Å². The molecule has 0 aliphatic heterocycles. The van der Waals surface area contributed by atoms with Gasteiger partial charge in [0.15, 0.2) is 0 Å². The molecular weight excluding hydrogens is 325 g/mol. The number of aromatic amines is 1. The molecule has 0 amide bonds. The number of hydrogen-bond acceptors (Lipinski definition) is 3. The van der Waals surface area contributed by atoms with Crippen LogP contribution in [0.3, 0.4) is 0 Å². The van der Waals surface area contributed by atoms with E-state index < -0.39 is 17.5 Å². The van der Waals surface area contributed by atoms with Gasteiger partial charge in [-0.15, -0.1) is 0 Å². The van der Waals surface area contributed by atoms with Gasteiger partial charge in [-0.2, -0.15) is 0 Å². The summed E-state index contributed by atoms with van der Waals surface area (Å²) in [5, 5.41) is 19.4. The lowest BCUT2D eigenvalue weighted by molar-refractivity contribution is -0.146. The molecule has 0 fully saturated rings. The molecule has 6 heteroatoms. The second-order valence-corrected chi connectivity index (χ2v) is 5.56. The number of benzene rings is 2. The molecule has 0 aliphatic carbocycles. The Labute approximate surface area is 142 Å². The molecule has 3 rings (SSSR count). The van der Waals surface area contributed by atoms with Crippen molar-refractivity contribution in [2.45, 2.75) is 6.42 Å². The van der Waals surface area contributed by atoms with Crippen molar-refractivity contribution in [2.24, 2.45) is 0 Å². The minimum absolute atomic E-state index is 0.305. The molecule has 0 spiro atoms. The van der Waals surface area contributed by atoms with Crippen molar-refractivity contribution in [3.8, 4) is 0 Å². The smallest absolute Gasteiger partial charge is 0.376 e. The average molecular weight is 339 g/mol. The lowest BCUT2D eigenvalue weighted by Gasteiger charge is -2.01. The highest BCUT2D eigenvalue weighted by molar-refractivity contribution is 6.38. The maximum absolute atomic E-state index is 13.0. The largest absolute Gasteiger partial charge is 0.507 e. The van der Waals surface area contributed by atoms with Gasteiger partial charge >= 0.3 is 5.97 Å². The van der Waals surface area contributed by atoms with E-state index in [1.807, 2.05) is 6.07 Å². The Bertz CT molecular complexity index is 986. The number of aliphatic hydroxyl groups is 1. The summed E-state index contributed by atoms with van der Waals surface area (Å²) >= 11 is 0. The number of carboxylic acids is 1. The Morgan fingerprint density at radius 1 is 1.08 bits per heavy atom. The van der Waals surface area contributed by atoms with Crippen molar-refractivity contribution in [2.75, 3.05) is 0 Å². The molecule has 0 bridgehead atoms. The first kappa shape index (κ1) is 16.4. The molecule has 25 heavy (non-hydrogen) atoms. The molecule has 0 saturated carbocycles. The number of rotatable bonds is 5. The van der Waals surface area contributed by atoms with Crippen LogP contribution in [0.4, 0.5) is 4.39 Å². The van der Waals surface area contributed by atoms with Crippen molar-refractivity contribution in [3.05, 3.63) is 77.2 Å². The maximum Gasteiger partial charge on any atom is 0.376 e. The minimum atomic E-state index is -1.63. The molecule has 126 valence electrons. The summed E-state index contributed by atoms with van der Waals surface area (Å²) in [6, 6.07) is 13.0. The number of H-pyrrole nitrogens is 1. The summed E-state index contributed by atoms with van der Waals surface area (Å²) in [5.74, 6) is -3.55. The van der Waals surface area contributed by atoms with E-state index in [0.29, 0.717) is 23.4 Å². The molecular formula is C19H14FNO4. The Balaban J connectivity index is 1.96. The van der Waals surface area contributed by atoms with E-state index in [9.17, 15) is 19.1 Å². The monoisotopic (exact) mass is 339 g/mol. The van der Waals surface area contributed by atoms with Crippen LogP contribution in [-0.4, -0.2) is 26.9 Å². The van der Waals surface area contributed by atoms with Gasteiger partial charge in [-0.25, -0.2) is 9.18 Å². The number of halogens is 1. The predicted molar refractivity (Wildman–Crippen MR) is 90.8 cm³/mol. The number of ketones is 1. The van der Waals surface area contributed by atoms with Crippen molar-refractivity contribution in [1.82, 2.24) is 4.98 Å². The zero-order valence-electron chi connectivity index (χ0n) is 13.0. The van der Waals surface area contributed by atoms with Crippen LogP contribution in [0, 0.1) is 5.82 Å². The standard InChI is InChI=1S/C19H14FNO4/c20-12-6-4-11(5-7-12)8-13-9-15-14(2-1-3-16(15)21-13)17(22)10-18(23)19(24)25/h1-7,9-10,21-22H,8H2,(H,24,25). The predicted octanol–water partition coefficient (Wildman–Crippen LogP) is 3.45. The summed E-state index contributed by atoms with van der Waals surface area (Å²) in [5.41, 5.74) is 2.84. The van der Waals surface area contributed by atoms with E-state index in [0.717, 1.165) is 16.8 Å². The first-order valence-corrected chi connectivity index (χ1v) is 7.47. The number of nitrogens with one attached hydrogen (secondary N) is 1. The van der Waals surface area contributed by atoms with E-state index in [2.05, 4.69) is 4.98 Å². The highest BCUT2D eigenvalue weighted by atomic mass is 19.1. The van der Waals surface area contributed by atoms with E-state index in [1.54, 1.807) is 30.3 Å². The molecule has 2 aromatic carbocycles. The number of carbonyl (C=O) groups excluding carboxylic acids is 1. The van der Waals surface area contributed by atoms with Crippen LogP contribution in [0.1, 0.15) is 16.8 Å². The Morgan fingerprint density at radius 2 is 1.80 bits per heavy atom. The fraction of sp³-hybridized carbons (Fsp3) is 0.0526. The summed E-state index contributed by atoms with van der Waals surface area (Å²) < 4.78 is 13.0. The molecule has 3 N–H and O–H groups in total. The van der Waals surface area contributed by atoms with Gasteiger partial charge in [-0.1, -0.05) is 24.3 Å². The van der Waals surface area contributed by atoms with Crippen molar-refractivity contribution in [3.63, 3.8) is 0 Å². The average Bonchev–Trinajstić information content (AvgIpc) is 2.99. The van der Waals surface area contributed by atoms with Gasteiger partial charge in [-0.3, -0.25) is 4.79 Å². The van der Waals surface area contributed by atoms with Crippen molar-refractivity contribution in [1.29, 1.82) is 0 Å². The third kappa shape index (κ3) is 3.58. The highest BCUT2D eigenvalue weighted by Gasteiger charge is 2.13. The second kappa shape index (κ2) is 6.60. The molecule has 5 nitrogen and oxygen atoms in total. The van der Waals surface area contributed by atoms with Gasteiger partial charge in [0.05, 0.1) is 0 Å². The third-order valence-electron chi connectivity index (χ3n) is 3.78. The number of aliphatic carboxylic acids is 1. The summed E-state index contributed by atoms with van der Waals surface area (Å²) in [6.07, 6.45) is 1.22. The first-order valence-electron chi connectivity index (χ1n) is 7.47. The fourth-order valence-electron chi connectivity index (χ4n) is 2.62. The van der Waals surface area contributed by atoms with E-state index >= 15 is 0 Å². The Hall–Kier alpha value is -3.41. The number of fused-ring (bicyclic) bond motifs is 1. The quantitative estimate of drug-likeness (QED) is 0.377. The number of aliphatic hydroxyl groups excluding tert-OH is 1. The number of hydrogen-bond donors (Lipinski definition) is 3. The molecule has 0 atom stereocenters. The fourth-order valence-corrected chi connectivity index (χ4v) is 2.62. The van der Waals surface area contributed by atoms with E-state index in [-0.39, 0.29) is 5.82 Å². The van der Waals surface area contributed by atoms with Gasteiger partial charge < -0.3 is 15.2 Å². The Morgan fingerprint density at radius 3 is 2.48 bits per heavy atom. The molecule has 0 aliphatic rings. The van der Waals surface area contributed by atoms with Gasteiger partial charge in [0.1, 0.15) is 11.6 Å². The highest BCUT2D eigenvalue weighted by Crippen LogP contribution is 2.26. The normalized spacial score (nSPS) is 11.6. The zero-order chi connectivity index (χ0) is 18.0. The number of carbonyl (C=O) groups is 2. The van der Waals surface area contributed by atoms with Gasteiger partial charge in [0.2, 0.25) is 0 Å². The van der Waals surface area contributed by atoms with E-state index in [4.69, 9.17) is 5.11 Å². The molecule has 0 unspecified atom stereocenters. The van der Waals surface area contributed by atoms with E-state index in [1.165, 1.54) is 12.1 Å². The first-order chi connectivity index (χ1) is 11.9. The summed E-state index contributed by atoms with van der Waals surface area (Å²) in [4.78, 5) is 25.1. The second-order valence-electron chi connectivity index (χ2n) is 5.56. The van der Waals surface area contributed by atoms with Gasteiger partial charge in [-0.05, 0) is 29.8 Å². The summed E-state index contributed by atoms with van der Waals surface area (Å²) in [6.45, 7) is 0. The Kier molecular flexibility index (Phi) is 4.35.